The SMILES string of the molecule is C[C@@H]1Oc2ccc(S(=O)(=O)Nc3ccccc3)cc2NC1=O. The lowest BCUT2D eigenvalue weighted by Crippen LogP contribution is -2.34. The largest absolute Gasteiger partial charge is 0.479 e. The number of ether oxygens (including phenoxy) is 1. The lowest BCUT2D eigenvalue weighted by molar-refractivity contribution is -0.122. The molecule has 114 valence electrons. The number of carbonyl (C=O) groups excluding carboxylic acids is 1. The second-order valence-electron chi connectivity index (χ2n) is 4.88. The number of anilines is 2. The zero-order chi connectivity index (χ0) is 15.7. The van der Waals surface area contributed by atoms with E-state index >= 15 is 0 Å². The molecule has 22 heavy (non-hydrogen) atoms. The normalized spacial score (nSPS) is 17.1. The van der Waals surface area contributed by atoms with Crippen molar-refractivity contribution in [1.29, 1.82) is 0 Å². The number of amides is 1. The monoisotopic (exact) mass is 318 g/mol. The smallest absolute Gasteiger partial charge is 0.265 e. The standard InChI is InChI=1S/C15H14N2O4S/c1-10-15(18)16-13-9-12(7-8-14(13)21-10)22(19,20)17-11-5-3-2-4-6-11/h2-10,17H,1H3,(H,16,18)/t10-/m0/s1. The van der Waals surface area contributed by atoms with Gasteiger partial charge in [-0.25, -0.2) is 8.42 Å². The van der Waals surface area contributed by atoms with E-state index in [9.17, 15) is 13.2 Å². The molecule has 7 heteroatoms. The maximum absolute atomic E-state index is 12.4. The second-order valence-corrected chi connectivity index (χ2v) is 6.56. The molecule has 2 N–H and O–H groups in total. The molecule has 1 heterocycles. The van der Waals surface area contributed by atoms with Crippen LogP contribution in [-0.4, -0.2) is 20.4 Å². The van der Waals surface area contributed by atoms with Crippen LogP contribution in [0.3, 0.4) is 0 Å². The molecule has 6 nitrogen and oxygen atoms in total. The summed E-state index contributed by atoms with van der Waals surface area (Å²) in [5.41, 5.74) is 0.813. The Balaban J connectivity index is 1.92. The molecule has 0 fully saturated rings. The van der Waals surface area contributed by atoms with Crippen LogP contribution in [0, 0.1) is 0 Å². The molecule has 0 saturated heterocycles. The van der Waals surface area contributed by atoms with Gasteiger partial charge in [0.25, 0.3) is 15.9 Å². The fourth-order valence-electron chi connectivity index (χ4n) is 2.08. The Morgan fingerprint density at radius 1 is 1.14 bits per heavy atom. The molecule has 2 aromatic rings. The summed E-state index contributed by atoms with van der Waals surface area (Å²) in [6, 6.07) is 12.9. The molecule has 1 atom stereocenters. The van der Waals surface area contributed by atoms with Crippen molar-refractivity contribution < 1.29 is 17.9 Å². The molecule has 0 unspecified atom stereocenters. The van der Waals surface area contributed by atoms with Crippen LogP contribution < -0.4 is 14.8 Å². The van der Waals surface area contributed by atoms with Gasteiger partial charge >= 0.3 is 0 Å². The van der Waals surface area contributed by atoms with Crippen LogP contribution in [0.4, 0.5) is 11.4 Å². The first-order valence-corrected chi connectivity index (χ1v) is 8.13. The summed E-state index contributed by atoms with van der Waals surface area (Å²) in [7, 11) is -3.73. The summed E-state index contributed by atoms with van der Waals surface area (Å²) in [6.07, 6.45) is -0.600. The van der Waals surface area contributed by atoms with Crippen molar-refractivity contribution in [2.75, 3.05) is 10.0 Å². The Hall–Kier alpha value is -2.54. The fourth-order valence-corrected chi connectivity index (χ4v) is 3.16. The minimum absolute atomic E-state index is 0.0496. The average Bonchev–Trinajstić information content (AvgIpc) is 2.48. The highest BCUT2D eigenvalue weighted by Crippen LogP contribution is 2.32. The van der Waals surface area contributed by atoms with E-state index in [-0.39, 0.29) is 10.8 Å². The highest BCUT2D eigenvalue weighted by Gasteiger charge is 2.25. The number of sulfonamides is 1. The van der Waals surface area contributed by atoms with Crippen LogP contribution in [0.5, 0.6) is 5.75 Å². The van der Waals surface area contributed by atoms with Gasteiger partial charge in [-0.15, -0.1) is 0 Å². The summed E-state index contributed by atoms with van der Waals surface area (Å²) in [5, 5.41) is 2.63. The number of carbonyl (C=O) groups is 1. The van der Waals surface area contributed by atoms with E-state index < -0.39 is 16.1 Å². The van der Waals surface area contributed by atoms with Gasteiger partial charge in [-0.05, 0) is 37.3 Å². The number of hydrogen-bond donors (Lipinski definition) is 2. The van der Waals surface area contributed by atoms with E-state index in [2.05, 4.69) is 10.0 Å². The van der Waals surface area contributed by atoms with Crippen molar-refractivity contribution >= 4 is 27.3 Å². The number of benzene rings is 2. The molecule has 0 radical (unpaired) electrons. The van der Waals surface area contributed by atoms with Crippen molar-refractivity contribution in [3.05, 3.63) is 48.5 Å². The van der Waals surface area contributed by atoms with Crippen molar-refractivity contribution in [1.82, 2.24) is 0 Å². The van der Waals surface area contributed by atoms with E-state index in [1.54, 1.807) is 37.3 Å². The van der Waals surface area contributed by atoms with Crippen LogP contribution in [0.15, 0.2) is 53.4 Å². The van der Waals surface area contributed by atoms with Gasteiger partial charge in [0.1, 0.15) is 5.75 Å². The molecule has 0 aliphatic carbocycles. The Bertz CT molecular complexity index is 819. The Kier molecular flexibility index (Phi) is 3.50. The minimum Gasteiger partial charge on any atom is -0.479 e. The van der Waals surface area contributed by atoms with E-state index in [0.717, 1.165) is 0 Å². The molecule has 0 spiro atoms. The first-order valence-electron chi connectivity index (χ1n) is 6.65. The van der Waals surface area contributed by atoms with Gasteiger partial charge in [0, 0.05) is 5.69 Å². The van der Waals surface area contributed by atoms with E-state index in [1.165, 1.54) is 18.2 Å². The molecule has 1 aliphatic heterocycles. The van der Waals surface area contributed by atoms with Crippen molar-refractivity contribution in [2.45, 2.75) is 17.9 Å². The molecule has 0 bridgehead atoms. The van der Waals surface area contributed by atoms with Crippen molar-refractivity contribution in [3.63, 3.8) is 0 Å². The molecular weight excluding hydrogens is 304 g/mol. The van der Waals surface area contributed by atoms with Crippen LogP contribution in [0.1, 0.15) is 6.92 Å². The zero-order valence-corrected chi connectivity index (χ0v) is 12.6. The number of para-hydroxylation sites is 1. The summed E-state index contributed by atoms with van der Waals surface area (Å²) >= 11 is 0. The Morgan fingerprint density at radius 3 is 2.59 bits per heavy atom. The Morgan fingerprint density at radius 2 is 1.86 bits per heavy atom. The minimum atomic E-state index is -3.73. The van der Waals surface area contributed by atoms with E-state index in [4.69, 9.17) is 4.74 Å². The first kappa shape index (κ1) is 14.4. The quantitative estimate of drug-likeness (QED) is 0.908. The summed E-state index contributed by atoms with van der Waals surface area (Å²) < 4.78 is 32.6. The van der Waals surface area contributed by atoms with Gasteiger partial charge in [0.05, 0.1) is 10.6 Å². The third-order valence-corrected chi connectivity index (χ3v) is 4.60. The number of hydrogen-bond acceptors (Lipinski definition) is 4. The van der Waals surface area contributed by atoms with Gasteiger partial charge in [0.15, 0.2) is 6.10 Å². The lowest BCUT2D eigenvalue weighted by atomic mass is 10.2. The molecule has 2 aromatic carbocycles. The highest BCUT2D eigenvalue weighted by atomic mass is 32.2. The number of fused-ring (bicyclic) bond motifs is 1. The third kappa shape index (κ3) is 2.75. The van der Waals surface area contributed by atoms with Gasteiger partial charge in [0.2, 0.25) is 0 Å². The maximum Gasteiger partial charge on any atom is 0.265 e. The molecule has 0 aromatic heterocycles. The molecule has 3 rings (SSSR count). The lowest BCUT2D eigenvalue weighted by Gasteiger charge is -2.23. The second kappa shape index (κ2) is 5.34. The summed E-state index contributed by atoms with van der Waals surface area (Å²) in [6.45, 7) is 1.62. The zero-order valence-electron chi connectivity index (χ0n) is 11.7. The summed E-state index contributed by atoms with van der Waals surface area (Å²) in [4.78, 5) is 11.7. The number of rotatable bonds is 3. The number of nitrogens with one attached hydrogen (secondary N) is 2. The predicted octanol–water partition coefficient (Wildman–Crippen LogP) is 2.21. The molecule has 1 amide bonds. The fraction of sp³-hybridized carbons (Fsp3) is 0.133. The topological polar surface area (TPSA) is 84.5 Å². The van der Waals surface area contributed by atoms with Gasteiger partial charge < -0.3 is 10.1 Å². The van der Waals surface area contributed by atoms with E-state index in [0.29, 0.717) is 17.1 Å². The molecule has 1 aliphatic rings. The average molecular weight is 318 g/mol. The van der Waals surface area contributed by atoms with E-state index in [1.807, 2.05) is 0 Å². The first-order chi connectivity index (χ1) is 10.5. The molecular formula is C15H14N2O4S. The van der Waals surface area contributed by atoms with Gasteiger partial charge in [-0.3, -0.25) is 9.52 Å². The predicted molar refractivity (Wildman–Crippen MR) is 82.4 cm³/mol. The van der Waals surface area contributed by atoms with Crippen molar-refractivity contribution in [3.8, 4) is 5.75 Å². The van der Waals surface area contributed by atoms with Gasteiger partial charge in [-0.1, -0.05) is 18.2 Å². The van der Waals surface area contributed by atoms with Crippen molar-refractivity contribution in [2.24, 2.45) is 0 Å². The third-order valence-electron chi connectivity index (χ3n) is 3.22. The molecule has 0 saturated carbocycles. The Labute approximate surface area is 128 Å². The maximum atomic E-state index is 12.4. The van der Waals surface area contributed by atoms with Crippen LogP contribution in [0.2, 0.25) is 0 Å². The van der Waals surface area contributed by atoms with Crippen LogP contribution in [-0.2, 0) is 14.8 Å². The summed E-state index contributed by atoms with van der Waals surface area (Å²) in [5.74, 6) is 0.142. The van der Waals surface area contributed by atoms with Gasteiger partial charge in [-0.2, -0.15) is 0 Å². The highest BCUT2D eigenvalue weighted by molar-refractivity contribution is 7.92. The van der Waals surface area contributed by atoms with Crippen LogP contribution in [0.25, 0.3) is 0 Å². The van der Waals surface area contributed by atoms with Crippen LogP contribution >= 0.6 is 0 Å².